The molecule has 3 aromatic rings. The summed E-state index contributed by atoms with van der Waals surface area (Å²) in [5.74, 6) is 0.119. The molecule has 1 amide bonds. The van der Waals surface area contributed by atoms with Gasteiger partial charge in [-0.2, -0.15) is 0 Å². The molecule has 1 unspecified atom stereocenters. The summed E-state index contributed by atoms with van der Waals surface area (Å²) in [6.45, 7) is 0.751. The first-order valence-electron chi connectivity index (χ1n) is 8.41. The van der Waals surface area contributed by atoms with Crippen LogP contribution in [0.3, 0.4) is 0 Å². The van der Waals surface area contributed by atoms with Gasteiger partial charge in [-0.1, -0.05) is 47.6 Å². The molecule has 2 heterocycles. The third kappa shape index (κ3) is 3.48. The molecular formula is C19H17ClN4OS. The fourth-order valence-corrected chi connectivity index (χ4v) is 4.36. The van der Waals surface area contributed by atoms with Gasteiger partial charge in [0.2, 0.25) is 5.91 Å². The zero-order valence-corrected chi connectivity index (χ0v) is 15.5. The maximum Gasteiger partial charge on any atom is 0.240 e. The molecule has 26 heavy (non-hydrogen) atoms. The Morgan fingerprint density at radius 1 is 1.08 bits per heavy atom. The maximum atomic E-state index is 13.0. The number of halogens is 1. The molecule has 0 bridgehead atoms. The van der Waals surface area contributed by atoms with Gasteiger partial charge in [-0.05, 0) is 43.2 Å². The predicted molar refractivity (Wildman–Crippen MR) is 104 cm³/mol. The summed E-state index contributed by atoms with van der Waals surface area (Å²) in [5, 5.41) is 9.40. The molecule has 4 rings (SSSR count). The van der Waals surface area contributed by atoms with Crippen LogP contribution in [0.25, 0.3) is 5.69 Å². The summed E-state index contributed by atoms with van der Waals surface area (Å²) in [4.78, 5) is 14.8. The second kappa shape index (κ2) is 7.51. The van der Waals surface area contributed by atoms with Crippen molar-refractivity contribution in [2.24, 2.45) is 0 Å². The SMILES string of the molecule is O=C1C(Sc2nncn2-c2cccc(Cl)c2)CCCN1c1ccccc1. The van der Waals surface area contributed by atoms with Crippen molar-refractivity contribution < 1.29 is 4.79 Å². The van der Waals surface area contributed by atoms with Gasteiger partial charge in [-0.3, -0.25) is 9.36 Å². The van der Waals surface area contributed by atoms with Gasteiger partial charge >= 0.3 is 0 Å². The molecule has 0 spiro atoms. The second-order valence-electron chi connectivity index (χ2n) is 6.04. The first kappa shape index (κ1) is 17.1. The van der Waals surface area contributed by atoms with Gasteiger partial charge < -0.3 is 4.90 Å². The number of nitrogens with zero attached hydrogens (tertiary/aromatic N) is 4. The molecule has 132 valence electrons. The first-order valence-corrected chi connectivity index (χ1v) is 9.67. The minimum absolute atomic E-state index is 0.119. The number of hydrogen-bond donors (Lipinski definition) is 0. The highest BCUT2D eigenvalue weighted by Crippen LogP contribution is 2.32. The minimum atomic E-state index is -0.175. The molecule has 0 N–H and O–H groups in total. The Morgan fingerprint density at radius 2 is 1.88 bits per heavy atom. The number of aromatic nitrogens is 3. The Hall–Kier alpha value is -2.31. The number of rotatable bonds is 4. The average Bonchev–Trinajstić information content (AvgIpc) is 3.12. The van der Waals surface area contributed by atoms with Crippen LogP contribution in [0.2, 0.25) is 5.02 Å². The molecule has 7 heteroatoms. The molecule has 0 aliphatic carbocycles. The number of benzene rings is 2. The highest BCUT2D eigenvalue weighted by atomic mass is 35.5. The van der Waals surface area contributed by atoms with Gasteiger partial charge in [-0.15, -0.1) is 10.2 Å². The van der Waals surface area contributed by atoms with Gasteiger partial charge in [0.25, 0.3) is 0 Å². The topological polar surface area (TPSA) is 51.0 Å². The summed E-state index contributed by atoms with van der Waals surface area (Å²) in [5.41, 5.74) is 1.83. The third-order valence-corrected chi connectivity index (χ3v) is 5.75. The van der Waals surface area contributed by atoms with Crippen LogP contribution in [0.15, 0.2) is 66.1 Å². The Kier molecular flexibility index (Phi) is 4.95. The van der Waals surface area contributed by atoms with E-state index >= 15 is 0 Å². The van der Waals surface area contributed by atoms with E-state index in [0.29, 0.717) is 10.2 Å². The number of carbonyl (C=O) groups is 1. The van der Waals surface area contributed by atoms with E-state index in [4.69, 9.17) is 11.6 Å². The Balaban J connectivity index is 1.56. The fraction of sp³-hybridized carbons (Fsp3) is 0.211. The van der Waals surface area contributed by atoms with Crippen LogP contribution >= 0.6 is 23.4 Å². The highest BCUT2D eigenvalue weighted by molar-refractivity contribution is 8.00. The average molecular weight is 385 g/mol. The largest absolute Gasteiger partial charge is 0.311 e. The standard InChI is InChI=1S/C19H17ClN4OS/c20-14-6-4-9-16(12-14)24-13-21-22-19(24)26-17-10-5-11-23(18(17)25)15-7-2-1-3-8-15/h1-4,6-9,12-13,17H,5,10-11H2. The van der Waals surface area contributed by atoms with E-state index in [1.54, 1.807) is 6.33 Å². The highest BCUT2D eigenvalue weighted by Gasteiger charge is 2.31. The van der Waals surface area contributed by atoms with E-state index in [0.717, 1.165) is 30.8 Å². The number of anilines is 1. The van der Waals surface area contributed by atoms with E-state index in [9.17, 15) is 4.79 Å². The number of hydrogen-bond acceptors (Lipinski definition) is 4. The fourth-order valence-electron chi connectivity index (χ4n) is 3.05. The molecular weight excluding hydrogens is 368 g/mol. The molecule has 1 atom stereocenters. The molecule has 0 radical (unpaired) electrons. The van der Waals surface area contributed by atoms with E-state index in [2.05, 4.69) is 10.2 Å². The normalized spacial score (nSPS) is 17.5. The van der Waals surface area contributed by atoms with Crippen molar-refractivity contribution in [3.63, 3.8) is 0 Å². The summed E-state index contributed by atoms with van der Waals surface area (Å²) in [6.07, 6.45) is 3.44. The number of para-hydroxylation sites is 1. The predicted octanol–water partition coefficient (Wildman–Crippen LogP) is 4.21. The van der Waals surface area contributed by atoms with Crippen molar-refractivity contribution in [2.75, 3.05) is 11.4 Å². The molecule has 1 aliphatic heterocycles. The lowest BCUT2D eigenvalue weighted by atomic mass is 10.1. The van der Waals surface area contributed by atoms with Crippen molar-refractivity contribution in [1.29, 1.82) is 0 Å². The van der Waals surface area contributed by atoms with Crippen molar-refractivity contribution in [3.05, 3.63) is 65.9 Å². The van der Waals surface area contributed by atoms with E-state index < -0.39 is 0 Å². The molecule has 1 aliphatic rings. The molecule has 2 aromatic carbocycles. The molecule has 1 saturated heterocycles. The lowest BCUT2D eigenvalue weighted by Gasteiger charge is -2.31. The van der Waals surface area contributed by atoms with E-state index in [-0.39, 0.29) is 11.2 Å². The number of amides is 1. The third-order valence-electron chi connectivity index (χ3n) is 4.31. The zero-order valence-electron chi connectivity index (χ0n) is 14.0. The Morgan fingerprint density at radius 3 is 2.69 bits per heavy atom. The van der Waals surface area contributed by atoms with Crippen LogP contribution in [-0.2, 0) is 4.79 Å². The lowest BCUT2D eigenvalue weighted by molar-refractivity contribution is -0.119. The van der Waals surface area contributed by atoms with Gasteiger partial charge in [0.05, 0.1) is 10.9 Å². The summed E-state index contributed by atoms with van der Waals surface area (Å²) in [6, 6.07) is 17.3. The minimum Gasteiger partial charge on any atom is -0.311 e. The summed E-state index contributed by atoms with van der Waals surface area (Å²) in [7, 11) is 0. The van der Waals surface area contributed by atoms with Crippen molar-refractivity contribution in [3.8, 4) is 5.69 Å². The Bertz CT molecular complexity index is 915. The van der Waals surface area contributed by atoms with Crippen molar-refractivity contribution in [1.82, 2.24) is 14.8 Å². The summed E-state index contributed by atoms with van der Waals surface area (Å²) < 4.78 is 1.87. The van der Waals surface area contributed by atoms with E-state index in [1.807, 2.05) is 64.1 Å². The summed E-state index contributed by atoms with van der Waals surface area (Å²) >= 11 is 7.55. The molecule has 1 aromatic heterocycles. The van der Waals surface area contributed by atoms with Gasteiger partial charge in [0.1, 0.15) is 6.33 Å². The van der Waals surface area contributed by atoms with Gasteiger partial charge in [-0.25, -0.2) is 0 Å². The van der Waals surface area contributed by atoms with Crippen LogP contribution in [0.1, 0.15) is 12.8 Å². The Labute approximate surface area is 161 Å². The van der Waals surface area contributed by atoms with Crippen LogP contribution < -0.4 is 4.90 Å². The smallest absolute Gasteiger partial charge is 0.240 e. The number of thioether (sulfide) groups is 1. The quantitative estimate of drug-likeness (QED) is 0.676. The molecule has 1 fully saturated rings. The first-order chi connectivity index (χ1) is 12.7. The van der Waals surface area contributed by atoms with Crippen molar-refractivity contribution >= 4 is 35.0 Å². The van der Waals surface area contributed by atoms with E-state index in [1.165, 1.54) is 11.8 Å². The van der Waals surface area contributed by atoms with Crippen LogP contribution in [0, 0.1) is 0 Å². The second-order valence-corrected chi connectivity index (χ2v) is 7.64. The van der Waals surface area contributed by atoms with Crippen LogP contribution in [0.4, 0.5) is 5.69 Å². The van der Waals surface area contributed by atoms with Crippen molar-refractivity contribution in [2.45, 2.75) is 23.2 Å². The zero-order chi connectivity index (χ0) is 17.9. The van der Waals surface area contributed by atoms with Crippen LogP contribution in [-0.4, -0.2) is 32.5 Å². The molecule has 5 nitrogen and oxygen atoms in total. The number of piperidine rings is 1. The van der Waals surface area contributed by atoms with Gasteiger partial charge in [0.15, 0.2) is 5.16 Å². The molecule has 0 saturated carbocycles. The van der Waals surface area contributed by atoms with Gasteiger partial charge in [0, 0.05) is 17.3 Å². The lowest BCUT2D eigenvalue weighted by Crippen LogP contribution is -2.43. The number of carbonyl (C=O) groups excluding carboxylic acids is 1. The maximum absolute atomic E-state index is 13.0. The monoisotopic (exact) mass is 384 g/mol. The van der Waals surface area contributed by atoms with Crippen LogP contribution in [0.5, 0.6) is 0 Å².